The van der Waals surface area contributed by atoms with Gasteiger partial charge in [-0.25, -0.2) is 0 Å². The Labute approximate surface area is 91.3 Å². The van der Waals surface area contributed by atoms with Gasteiger partial charge in [-0.3, -0.25) is 9.59 Å². The number of carbonyl (C=O) groups excluding carboxylic acids is 2. The fourth-order valence-corrected chi connectivity index (χ4v) is 1.42. The van der Waals surface area contributed by atoms with Crippen molar-refractivity contribution >= 4 is 11.8 Å². The zero-order valence-corrected chi connectivity index (χ0v) is 8.52. The minimum Gasteiger partial charge on any atom is -0.433 e. The van der Waals surface area contributed by atoms with E-state index in [0.29, 0.717) is 11.5 Å². The third kappa shape index (κ3) is 1.27. The van der Waals surface area contributed by atoms with Crippen LogP contribution in [0.2, 0.25) is 0 Å². The number of nitrogens with one attached hydrogen (secondary N) is 1. The molecule has 0 unspecified atom stereocenters. The number of hydrogen-bond acceptors (Lipinski definition) is 4. The highest BCUT2D eigenvalue weighted by Crippen LogP contribution is 2.38. The number of ether oxygens (including phenoxy) is 2. The molecule has 1 heterocycles. The first-order chi connectivity index (χ1) is 7.60. The standard InChI is InChI=1S/C10H10N2O4/c1-12-9(14)10(8(11)13)15-6-4-2-3-5-7(6)16-10/h2-5H,1H3,(H2,11,13)(H,12,14). The van der Waals surface area contributed by atoms with Crippen LogP contribution < -0.4 is 20.5 Å². The molecule has 1 aromatic rings. The first-order valence-corrected chi connectivity index (χ1v) is 4.59. The molecule has 0 spiro atoms. The molecule has 0 saturated heterocycles. The number of fused-ring (bicyclic) bond motifs is 1. The third-order valence-electron chi connectivity index (χ3n) is 2.21. The average Bonchev–Trinajstić information content (AvgIpc) is 2.68. The number of para-hydroxylation sites is 2. The molecule has 0 atom stereocenters. The van der Waals surface area contributed by atoms with E-state index in [9.17, 15) is 9.59 Å². The molecule has 16 heavy (non-hydrogen) atoms. The second kappa shape index (κ2) is 3.41. The van der Waals surface area contributed by atoms with E-state index in [1.807, 2.05) is 0 Å². The summed E-state index contributed by atoms with van der Waals surface area (Å²) in [5.74, 6) is -3.22. The van der Waals surface area contributed by atoms with E-state index in [2.05, 4.69) is 5.32 Å². The van der Waals surface area contributed by atoms with Crippen LogP contribution in [0.25, 0.3) is 0 Å². The van der Waals surface area contributed by atoms with Gasteiger partial charge >= 0.3 is 17.6 Å². The Bertz CT molecular complexity index is 433. The number of primary amides is 1. The summed E-state index contributed by atoms with van der Waals surface area (Å²) in [6, 6.07) is 6.57. The zero-order chi connectivity index (χ0) is 11.8. The van der Waals surface area contributed by atoms with Crippen LogP contribution in [0.5, 0.6) is 11.5 Å². The molecule has 1 aliphatic rings. The molecular formula is C10H10N2O4. The van der Waals surface area contributed by atoms with Gasteiger partial charge in [0.2, 0.25) is 0 Å². The lowest BCUT2D eigenvalue weighted by atomic mass is 10.2. The summed E-state index contributed by atoms with van der Waals surface area (Å²) < 4.78 is 10.4. The third-order valence-corrected chi connectivity index (χ3v) is 2.21. The summed E-state index contributed by atoms with van der Waals surface area (Å²) in [4.78, 5) is 22.9. The Balaban J connectivity index is 2.42. The highest BCUT2D eigenvalue weighted by atomic mass is 16.7. The van der Waals surface area contributed by atoms with Gasteiger partial charge in [-0.1, -0.05) is 12.1 Å². The Morgan fingerprint density at radius 2 is 1.75 bits per heavy atom. The molecule has 0 aliphatic carbocycles. The highest BCUT2D eigenvalue weighted by Gasteiger charge is 2.54. The van der Waals surface area contributed by atoms with Crippen LogP contribution in [0.1, 0.15) is 0 Å². The molecule has 0 bridgehead atoms. The van der Waals surface area contributed by atoms with Crippen LogP contribution in [-0.2, 0) is 9.59 Å². The van der Waals surface area contributed by atoms with Gasteiger partial charge in [0.15, 0.2) is 11.5 Å². The van der Waals surface area contributed by atoms with Gasteiger partial charge in [0, 0.05) is 7.05 Å². The molecule has 0 radical (unpaired) electrons. The van der Waals surface area contributed by atoms with E-state index < -0.39 is 17.6 Å². The molecule has 6 nitrogen and oxygen atoms in total. The van der Waals surface area contributed by atoms with Crippen LogP contribution in [0.15, 0.2) is 24.3 Å². The second-order valence-corrected chi connectivity index (χ2v) is 3.21. The summed E-state index contributed by atoms with van der Waals surface area (Å²) in [6.07, 6.45) is 0. The van der Waals surface area contributed by atoms with Gasteiger partial charge < -0.3 is 20.5 Å². The summed E-state index contributed by atoms with van der Waals surface area (Å²) in [5.41, 5.74) is 5.14. The first-order valence-electron chi connectivity index (χ1n) is 4.59. The van der Waals surface area contributed by atoms with Crippen LogP contribution >= 0.6 is 0 Å². The number of carbonyl (C=O) groups is 2. The molecule has 3 N–H and O–H groups in total. The van der Waals surface area contributed by atoms with Crippen molar-refractivity contribution in [1.29, 1.82) is 0 Å². The fraction of sp³-hybridized carbons (Fsp3) is 0.200. The molecule has 0 fully saturated rings. The van der Waals surface area contributed by atoms with E-state index in [4.69, 9.17) is 15.2 Å². The Morgan fingerprint density at radius 1 is 1.25 bits per heavy atom. The predicted molar refractivity (Wildman–Crippen MR) is 53.7 cm³/mol. The molecule has 1 aliphatic heterocycles. The van der Waals surface area contributed by atoms with Crippen molar-refractivity contribution in [2.75, 3.05) is 7.05 Å². The minimum absolute atomic E-state index is 0.310. The summed E-state index contributed by atoms with van der Waals surface area (Å²) in [5, 5.41) is 2.27. The number of likely N-dealkylation sites (N-methyl/N-ethyl adjacent to an activating group) is 1. The maximum atomic E-state index is 11.6. The first kappa shape index (κ1) is 10.3. The van der Waals surface area contributed by atoms with Crippen LogP contribution in [0.3, 0.4) is 0 Å². The Kier molecular flexibility index (Phi) is 2.19. The van der Waals surface area contributed by atoms with Gasteiger partial charge in [-0.15, -0.1) is 0 Å². The van der Waals surface area contributed by atoms with Crippen LogP contribution in [0.4, 0.5) is 0 Å². The number of rotatable bonds is 2. The number of amides is 2. The molecule has 6 heteroatoms. The second-order valence-electron chi connectivity index (χ2n) is 3.21. The summed E-state index contributed by atoms with van der Waals surface area (Å²) >= 11 is 0. The highest BCUT2D eigenvalue weighted by molar-refractivity contribution is 6.07. The molecule has 84 valence electrons. The Hall–Kier alpha value is -2.24. The van der Waals surface area contributed by atoms with Crippen molar-refractivity contribution in [2.24, 2.45) is 5.73 Å². The number of benzene rings is 1. The van der Waals surface area contributed by atoms with Gasteiger partial charge in [0.05, 0.1) is 0 Å². The maximum absolute atomic E-state index is 11.6. The molecule has 1 aromatic carbocycles. The number of nitrogens with two attached hydrogens (primary N) is 1. The molecule has 0 aromatic heterocycles. The summed E-state index contributed by atoms with van der Waals surface area (Å²) in [6.45, 7) is 0. The Morgan fingerprint density at radius 3 is 2.12 bits per heavy atom. The van der Waals surface area contributed by atoms with E-state index >= 15 is 0 Å². The van der Waals surface area contributed by atoms with Gasteiger partial charge in [-0.05, 0) is 12.1 Å². The van der Waals surface area contributed by atoms with Crippen molar-refractivity contribution in [3.05, 3.63) is 24.3 Å². The van der Waals surface area contributed by atoms with Crippen molar-refractivity contribution in [2.45, 2.75) is 5.79 Å². The lowest BCUT2D eigenvalue weighted by molar-refractivity contribution is -0.168. The van der Waals surface area contributed by atoms with Crippen molar-refractivity contribution in [3.8, 4) is 11.5 Å². The van der Waals surface area contributed by atoms with E-state index in [1.54, 1.807) is 24.3 Å². The minimum atomic E-state index is -2.10. The maximum Gasteiger partial charge on any atom is 0.414 e. The monoisotopic (exact) mass is 222 g/mol. The zero-order valence-electron chi connectivity index (χ0n) is 8.52. The predicted octanol–water partition coefficient (Wildman–Crippen LogP) is -0.615. The quantitative estimate of drug-likeness (QED) is 0.653. The molecule has 0 saturated carbocycles. The SMILES string of the molecule is CNC(=O)C1(C(N)=O)Oc2ccccc2O1. The van der Waals surface area contributed by atoms with Crippen molar-refractivity contribution < 1.29 is 19.1 Å². The molecular weight excluding hydrogens is 212 g/mol. The van der Waals surface area contributed by atoms with Gasteiger partial charge in [-0.2, -0.15) is 0 Å². The van der Waals surface area contributed by atoms with E-state index in [0.717, 1.165) is 0 Å². The fourth-order valence-electron chi connectivity index (χ4n) is 1.42. The van der Waals surface area contributed by atoms with Crippen LogP contribution in [-0.4, -0.2) is 24.6 Å². The van der Waals surface area contributed by atoms with Crippen molar-refractivity contribution in [1.82, 2.24) is 5.32 Å². The smallest absolute Gasteiger partial charge is 0.414 e. The van der Waals surface area contributed by atoms with E-state index in [-0.39, 0.29) is 0 Å². The van der Waals surface area contributed by atoms with Crippen molar-refractivity contribution in [3.63, 3.8) is 0 Å². The molecule has 2 rings (SSSR count). The largest absolute Gasteiger partial charge is 0.433 e. The average molecular weight is 222 g/mol. The normalized spacial score (nSPS) is 15.6. The lowest BCUT2D eigenvalue weighted by Crippen LogP contribution is -2.61. The molecule has 2 amide bonds. The topological polar surface area (TPSA) is 90.7 Å². The van der Waals surface area contributed by atoms with Crippen LogP contribution in [0, 0.1) is 0 Å². The summed E-state index contributed by atoms with van der Waals surface area (Å²) in [7, 11) is 1.36. The number of hydrogen-bond donors (Lipinski definition) is 2. The van der Waals surface area contributed by atoms with E-state index in [1.165, 1.54) is 7.05 Å². The van der Waals surface area contributed by atoms with Gasteiger partial charge in [0.25, 0.3) is 0 Å². The van der Waals surface area contributed by atoms with Gasteiger partial charge in [0.1, 0.15) is 0 Å². The lowest BCUT2D eigenvalue weighted by Gasteiger charge is -2.21.